The number of aromatic carboxylic acids is 1. The lowest BCUT2D eigenvalue weighted by Crippen LogP contribution is -2.44. The Morgan fingerprint density at radius 3 is 2.53 bits per heavy atom. The molecule has 0 radical (unpaired) electrons. The van der Waals surface area contributed by atoms with Crippen molar-refractivity contribution in [2.45, 2.75) is 38.3 Å². The summed E-state index contributed by atoms with van der Waals surface area (Å²) in [5, 5.41) is 13.3. The Labute approximate surface area is 217 Å². The first kappa shape index (κ1) is 25.7. The molecule has 10 heteroatoms. The first-order chi connectivity index (χ1) is 18.3. The number of carbonyl (C=O) groups is 1. The monoisotopic (exact) mass is 525 g/mol. The zero-order valence-electron chi connectivity index (χ0n) is 20.7. The molecule has 0 atom stereocenters. The van der Waals surface area contributed by atoms with Gasteiger partial charge in [0.25, 0.3) is 0 Å². The van der Waals surface area contributed by atoms with Gasteiger partial charge in [0.1, 0.15) is 17.1 Å². The van der Waals surface area contributed by atoms with Crippen LogP contribution in [-0.2, 0) is 11.4 Å². The fourth-order valence-corrected chi connectivity index (χ4v) is 4.93. The molecule has 1 fully saturated rings. The quantitative estimate of drug-likeness (QED) is 0.415. The number of hydrogen-bond acceptors (Lipinski definition) is 6. The van der Waals surface area contributed by atoms with Crippen LogP contribution >= 0.6 is 0 Å². The van der Waals surface area contributed by atoms with E-state index in [0.29, 0.717) is 68.2 Å². The number of carboxylic acids is 1. The molecule has 1 spiro atoms. The number of ether oxygens (including phenoxy) is 1. The standard InChI is InChI=1S/C28H26F3N3O4/c1-2-37-19-4-5-20(21-6-7-22(29)26(31)25(21)30)18(13-19)16-34-11-9-28(10-12-34)14-24(33-38-28)23-8-3-17(15-32-23)27(35)36/h3-8,13,15H,2,9-12,14,16H2,1H3,(H,35,36). The number of oxime groups is 1. The van der Waals surface area contributed by atoms with Crippen molar-refractivity contribution in [3.05, 3.63) is 82.9 Å². The van der Waals surface area contributed by atoms with Crippen molar-refractivity contribution in [1.29, 1.82) is 0 Å². The Morgan fingerprint density at radius 1 is 1.08 bits per heavy atom. The summed E-state index contributed by atoms with van der Waals surface area (Å²) < 4.78 is 47.9. The lowest BCUT2D eigenvalue weighted by atomic mass is 9.86. The van der Waals surface area contributed by atoms with E-state index in [9.17, 15) is 18.0 Å². The Hall–Kier alpha value is -3.92. The highest BCUT2D eigenvalue weighted by atomic mass is 19.2. The SMILES string of the molecule is CCOc1ccc(-c2ccc(F)c(F)c2F)c(CN2CCC3(CC2)CC(c2ccc(C(=O)O)cn2)=NO3)c1. The maximum atomic E-state index is 14.7. The maximum Gasteiger partial charge on any atom is 0.337 e. The third kappa shape index (κ3) is 5.08. The van der Waals surface area contributed by atoms with E-state index in [1.54, 1.807) is 18.2 Å². The van der Waals surface area contributed by atoms with E-state index in [1.165, 1.54) is 18.3 Å². The van der Waals surface area contributed by atoms with Crippen LogP contribution in [0.4, 0.5) is 13.2 Å². The number of halogens is 3. The molecule has 0 unspecified atom stereocenters. The third-order valence-electron chi connectivity index (χ3n) is 7.02. The summed E-state index contributed by atoms with van der Waals surface area (Å²) in [6, 6.07) is 10.5. The Morgan fingerprint density at radius 2 is 1.84 bits per heavy atom. The van der Waals surface area contributed by atoms with E-state index in [0.717, 1.165) is 11.6 Å². The molecular formula is C28H26F3N3O4. The number of piperidine rings is 1. The molecule has 5 rings (SSSR count). The van der Waals surface area contributed by atoms with Crippen molar-refractivity contribution in [2.75, 3.05) is 19.7 Å². The second-order valence-corrected chi connectivity index (χ2v) is 9.48. The lowest BCUT2D eigenvalue weighted by Gasteiger charge is -2.37. The van der Waals surface area contributed by atoms with Crippen molar-refractivity contribution in [3.63, 3.8) is 0 Å². The zero-order chi connectivity index (χ0) is 26.9. The first-order valence-electron chi connectivity index (χ1n) is 12.4. The van der Waals surface area contributed by atoms with Gasteiger partial charge in [-0.2, -0.15) is 0 Å². The summed E-state index contributed by atoms with van der Waals surface area (Å²) in [7, 11) is 0. The van der Waals surface area contributed by atoms with Crippen LogP contribution in [0.3, 0.4) is 0 Å². The summed E-state index contributed by atoms with van der Waals surface area (Å²) in [4.78, 5) is 23.4. The molecule has 2 aromatic carbocycles. The van der Waals surface area contributed by atoms with Crippen LogP contribution in [0.2, 0.25) is 0 Å². The lowest BCUT2D eigenvalue weighted by molar-refractivity contribution is -0.0626. The predicted molar refractivity (Wildman–Crippen MR) is 134 cm³/mol. The van der Waals surface area contributed by atoms with Gasteiger partial charge in [0.05, 0.1) is 17.9 Å². The molecule has 3 aromatic rings. The number of rotatable bonds is 7. The number of aromatic nitrogens is 1. The van der Waals surface area contributed by atoms with Crippen LogP contribution in [0, 0.1) is 17.5 Å². The number of likely N-dealkylation sites (tertiary alicyclic amines) is 1. The average Bonchev–Trinajstić information content (AvgIpc) is 3.33. The van der Waals surface area contributed by atoms with Gasteiger partial charge in [-0.05, 0) is 54.4 Å². The highest BCUT2D eigenvalue weighted by Gasteiger charge is 2.42. The van der Waals surface area contributed by atoms with Gasteiger partial charge in [-0.25, -0.2) is 18.0 Å². The van der Waals surface area contributed by atoms with Gasteiger partial charge < -0.3 is 14.7 Å². The minimum absolute atomic E-state index is 0.00554. The van der Waals surface area contributed by atoms with Crippen LogP contribution < -0.4 is 4.74 Å². The van der Waals surface area contributed by atoms with Crippen LogP contribution in [0.15, 0.2) is 53.8 Å². The van der Waals surface area contributed by atoms with Gasteiger partial charge in [0.15, 0.2) is 17.5 Å². The molecule has 7 nitrogen and oxygen atoms in total. The molecule has 2 aliphatic rings. The number of pyridine rings is 1. The minimum Gasteiger partial charge on any atom is -0.494 e. The summed E-state index contributed by atoms with van der Waals surface area (Å²) in [5.41, 5.74) is 2.10. The summed E-state index contributed by atoms with van der Waals surface area (Å²) >= 11 is 0. The topological polar surface area (TPSA) is 84.2 Å². The van der Waals surface area contributed by atoms with E-state index in [2.05, 4.69) is 15.0 Å². The normalized spacial score (nSPS) is 16.8. The van der Waals surface area contributed by atoms with Crippen LogP contribution in [-0.4, -0.2) is 52.0 Å². The van der Waals surface area contributed by atoms with Crippen molar-refractivity contribution in [2.24, 2.45) is 5.16 Å². The number of nitrogens with zero attached hydrogens (tertiary/aromatic N) is 3. The van der Waals surface area contributed by atoms with Crippen LogP contribution in [0.25, 0.3) is 11.1 Å². The molecule has 2 aliphatic heterocycles. The molecule has 1 aromatic heterocycles. The molecule has 0 saturated carbocycles. The fourth-order valence-electron chi connectivity index (χ4n) is 4.93. The minimum atomic E-state index is -1.50. The van der Waals surface area contributed by atoms with Gasteiger partial charge >= 0.3 is 5.97 Å². The van der Waals surface area contributed by atoms with E-state index in [-0.39, 0.29) is 11.1 Å². The second kappa shape index (κ2) is 10.4. The maximum absolute atomic E-state index is 14.7. The summed E-state index contributed by atoms with van der Waals surface area (Å²) in [6.07, 6.45) is 3.24. The number of carboxylic acid groups (broad SMARTS) is 1. The second-order valence-electron chi connectivity index (χ2n) is 9.48. The fraction of sp³-hybridized carbons (Fsp3) is 0.321. The Bertz CT molecular complexity index is 1390. The third-order valence-corrected chi connectivity index (χ3v) is 7.02. The molecule has 1 saturated heterocycles. The number of hydrogen-bond donors (Lipinski definition) is 1. The van der Waals surface area contributed by atoms with Gasteiger partial charge in [-0.1, -0.05) is 11.2 Å². The van der Waals surface area contributed by atoms with Gasteiger partial charge in [0.2, 0.25) is 0 Å². The summed E-state index contributed by atoms with van der Waals surface area (Å²) in [6.45, 7) is 4.12. The average molecular weight is 526 g/mol. The van der Waals surface area contributed by atoms with Crippen LogP contribution in [0.5, 0.6) is 5.75 Å². The molecule has 0 bridgehead atoms. The van der Waals surface area contributed by atoms with Gasteiger partial charge in [-0.3, -0.25) is 9.88 Å². The largest absolute Gasteiger partial charge is 0.494 e. The molecule has 38 heavy (non-hydrogen) atoms. The van der Waals surface area contributed by atoms with Crippen LogP contribution in [0.1, 0.15) is 47.8 Å². The van der Waals surface area contributed by atoms with Crippen molar-refractivity contribution in [1.82, 2.24) is 9.88 Å². The van der Waals surface area contributed by atoms with E-state index in [1.807, 2.05) is 13.0 Å². The van der Waals surface area contributed by atoms with Gasteiger partial charge in [0, 0.05) is 50.7 Å². The highest BCUT2D eigenvalue weighted by Crippen LogP contribution is 2.38. The smallest absolute Gasteiger partial charge is 0.337 e. The predicted octanol–water partition coefficient (Wildman–Crippen LogP) is 5.42. The van der Waals surface area contributed by atoms with Crippen molar-refractivity contribution >= 4 is 11.7 Å². The Balaban J connectivity index is 1.29. The van der Waals surface area contributed by atoms with Gasteiger partial charge in [-0.15, -0.1) is 0 Å². The van der Waals surface area contributed by atoms with Crippen molar-refractivity contribution in [3.8, 4) is 16.9 Å². The van der Waals surface area contributed by atoms with E-state index >= 15 is 0 Å². The number of benzene rings is 2. The molecular weight excluding hydrogens is 499 g/mol. The first-order valence-corrected chi connectivity index (χ1v) is 12.4. The highest BCUT2D eigenvalue weighted by molar-refractivity contribution is 6.00. The van der Waals surface area contributed by atoms with E-state index in [4.69, 9.17) is 14.7 Å². The molecule has 1 N–H and O–H groups in total. The van der Waals surface area contributed by atoms with E-state index < -0.39 is 29.0 Å². The molecule has 0 amide bonds. The molecule has 3 heterocycles. The zero-order valence-corrected chi connectivity index (χ0v) is 20.7. The Kier molecular flexibility index (Phi) is 7.07. The molecule has 198 valence electrons. The van der Waals surface area contributed by atoms with Crippen molar-refractivity contribution < 1.29 is 32.6 Å². The molecule has 0 aliphatic carbocycles. The summed E-state index contributed by atoms with van der Waals surface area (Å²) in [5.74, 6) is -4.38.